The number of hydrogen-bond acceptors (Lipinski definition) is 3. The highest BCUT2D eigenvalue weighted by Crippen LogP contribution is 2.45. The molecule has 88 valence electrons. The van der Waals surface area contributed by atoms with Crippen LogP contribution >= 0.6 is 0 Å². The van der Waals surface area contributed by atoms with Gasteiger partial charge in [-0.25, -0.2) is 0 Å². The van der Waals surface area contributed by atoms with Crippen LogP contribution in [-0.4, -0.2) is 10.9 Å². The molecule has 0 saturated heterocycles. The van der Waals surface area contributed by atoms with Crippen LogP contribution < -0.4 is 5.32 Å². The van der Waals surface area contributed by atoms with Gasteiger partial charge in [-0.3, -0.25) is 9.78 Å². The van der Waals surface area contributed by atoms with Crippen molar-refractivity contribution in [3.8, 4) is 6.07 Å². The van der Waals surface area contributed by atoms with Crippen molar-refractivity contribution in [1.29, 1.82) is 5.26 Å². The molecule has 1 heterocycles. The van der Waals surface area contributed by atoms with E-state index >= 15 is 0 Å². The van der Waals surface area contributed by atoms with Crippen LogP contribution in [0.15, 0.2) is 18.3 Å². The Hall–Kier alpha value is -1.89. The smallest absolute Gasteiger partial charge is 0.244 e. The second kappa shape index (κ2) is 4.17. The number of amides is 1. The van der Waals surface area contributed by atoms with E-state index in [0.29, 0.717) is 24.4 Å². The molecule has 0 bridgehead atoms. The van der Waals surface area contributed by atoms with Crippen LogP contribution in [0.4, 0.5) is 5.69 Å². The number of carbonyl (C=O) groups is 1. The first-order valence-corrected chi connectivity index (χ1v) is 5.71. The van der Waals surface area contributed by atoms with Crippen molar-refractivity contribution in [1.82, 2.24) is 4.98 Å². The first-order valence-electron chi connectivity index (χ1n) is 5.71. The summed E-state index contributed by atoms with van der Waals surface area (Å²) >= 11 is 0. The third-order valence-corrected chi connectivity index (χ3v) is 3.21. The molecule has 2 rings (SSSR count). The molecule has 17 heavy (non-hydrogen) atoms. The Morgan fingerprint density at radius 3 is 2.76 bits per heavy atom. The normalized spacial score (nSPS) is 26.8. The van der Waals surface area contributed by atoms with Gasteiger partial charge in [0.1, 0.15) is 5.41 Å². The lowest BCUT2D eigenvalue weighted by atomic mass is 9.63. The van der Waals surface area contributed by atoms with Crippen molar-refractivity contribution in [2.75, 3.05) is 5.32 Å². The van der Waals surface area contributed by atoms with Gasteiger partial charge in [-0.2, -0.15) is 5.26 Å². The lowest BCUT2D eigenvalue weighted by molar-refractivity contribution is -0.128. The molecule has 0 aromatic carbocycles. The Labute approximate surface area is 101 Å². The maximum Gasteiger partial charge on any atom is 0.244 e. The van der Waals surface area contributed by atoms with Gasteiger partial charge in [0.2, 0.25) is 5.91 Å². The number of pyridine rings is 1. The molecular weight excluding hydrogens is 214 g/mol. The Morgan fingerprint density at radius 2 is 2.29 bits per heavy atom. The van der Waals surface area contributed by atoms with E-state index < -0.39 is 5.41 Å². The summed E-state index contributed by atoms with van der Waals surface area (Å²) in [5.41, 5.74) is 0.717. The number of rotatable bonds is 2. The fourth-order valence-corrected chi connectivity index (χ4v) is 2.25. The summed E-state index contributed by atoms with van der Waals surface area (Å²) in [6, 6.07) is 5.77. The summed E-state index contributed by atoms with van der Waals surface area (Å²) < 4.78 is 0. The third-order valence-electron chi connectivity index (χ3n) is 3.21. The predicted molar refractivity (Wildman–Crippen MR) is 64.0 cm³/mol. The van der Waals surface area contributed by atoms with Crippen LogP contribution in [-0.2, 0) is 4.79 Å². The van der Waals surface area contributed by atoms with Gasteiger partial charge in [-0.15, -0.1) is 0 Å². The Morgan fingerprint density at radius 1 is 1.59 bits per heavy atom. The molecule has 1 N–H and O–H groups in total. The average molecular weight is 229 g/mol. The summed E-state index contributed by atoms with van der Waals surface area (Å²) in [6.07, 6.45) is 2.91. The van der Waals surface area contributed by atoms with Gasteiger partial charge in [0, 0.05) is 5.69 Å². The summed E-state index contributed by atoms with van der Waals surface area (Å²) in [6.45, 7) is 3.94. The van der Waals surface area contributed by atoms with Gasteiger partial charge in [0.05, 0.1) is 18.0 Å². The highest BCUT2D eigenvalue weighted by atomic mass is 16.2. The first-order chi connectivity index (χ1) is 8.05. The zero-order chi connectivity index (χ0) is 12.5. The van der Waals surface area contributed by atoms with E-state index in [0.717, 1.165) is 5.69 Å². The van der Waals surface area contributed by atoms with E-state index in [-0.39, 0.29) is 5.91 Å². The van der Waals surface area contributed by atoms with Crippen LogP contribution in [0.5, 0.6) is 0 Å². The molecule has 1 aliphatic rings. The number of nitrogens with one attached hydrogen (secondary N) is 1. The van der Waals surface area contributed by atoms with Crippen molar-refractivity contribution < 1.29 is 4.79 Å². The summed E-state index contributed by atoms with van der Waals surface area (Å²) in [4.78, 5) is 16.1. The summed E-state index contributed by atoms with van der Waals surface area (Å²) in [7, 11) is 0. The number of carbonyl (C=O) groups excluding carboxylic acids is 1. The summed E-state index contributed by atoms with van der Waals surface area (Å²) in [5, 5.41) is 11.9. The molecule has 0 atom stereocenters. The van der Waals surface area contributed by atoms with Crippen molar-refractivity contribution in [2.24, 2.45) is 11.3 Å². The third kappa shape index (κ3) is 2.14. The van der Waals surface area contributed by atoms with Gasteiger partial charge in [-0.1, -0.05) is 6.92 Å². The molecule has 0 spiro atoms. The molecule has 1 amide bonds. The van der Waals surface area contributed by atoms with Crippen molar-refractivity contribution >= 4 is 11.6 Å². The Bertz CT molecular complexity index is 466. The molecule has 0 radical (unpaired) electrons. The maximum atomic E-state index is 12.0. The SMILES string of the molecule is Cc1ccc(NC(=O)C2(C#N)CC(C)C2)cn1. The maximum absolute atomic E-state index is 12.0. The quantitative estimate of drug-likeness (QED) is 0.846. The molecule has 0 aliphatic heterocycles. The van der Waals surface area contributed by atoms with Gasteiger partial charge in [0.25, 0.3) is 0 Å². The van der Waals surface area contributed by atoms with E-state index in [2.05, 4.69) is 23.3 Å². The first kappa shape index (κ1) is 11.6. The van der Waals surface area contributed by atoms with Gasteiger partial charge in [-0.05, 0) is 37.8 Å². The lowest BCUT2D eigenvalue weighted by Gasteiger charge is -2.39. The second-order valence-electron chi connectivity index (χ2n) is 4.85. The average Bonchev–Trinajstić information content (AvgIpc) is 2.27. The Balaban J connectivity index is 2.07. The monoisotopic (exact) mass is 229 g/mol. The number of aromatic nitrogens is 1. The molecule has 4 nitrogen and oxygen atoms in total. The van der Waals surface area contributed by atoms with Crippen molar-refractivity contribution in [3.05, 3.63) is 24.0 Å². The molecule has 1 aromatic heterocycles. The fourth-order valence-electron chi connectivity index (χ4n) is 2.25. The minimum Gasteiger partial charge on any atom is -0.323 e. The number of aryl methyl sites for hydroxylation is 1. The molecular formula is C13H15N3O. The number of anilines is 1. The van der Waals surface area contributed by atoms with Crippen molar-refractivity contribution in [3.63, 3.8) is 0 Å². The zero-order valence-electron chi connectivity index (χ0n) is 10.0. The van der Waals surface area contributed by atoms with E-state index in [9.17, 15) is 4.79 Å². The minimum absolute atomic E-state index is 0.205. The molecule has 1 aliphatic carbocycles. The van der Waals surface area contributed by atoms with Crippen LogP contribution in [0.2, 0.25) is 0 Å². The molecule has 4 heteroatoms. The predicted octanol–water partition coefficient (Wildman–Crippen LogP) is 2.27. The highest BCUT2D eigenvalue weighted by Gasteiger charge is 2.48. The molecule has 1 aromatic rings. The van der Waals surface area contributed by atoms with Crippen LogP contribution in [0, 0.1) is 29.6 Å². The van der Waals surface area contributed by atoms with E-state index in [1.807, 2.05) is 13.0 Å². The largest absolute Gasteiger partial charge is 0.323 e. The van der Waals surface area contributed by atoms with E-state index in [4.69, 9.17) is 5.26 Å². The number of nitriles is 1. The van der Waals surface area contributed by atoms with Gasteiger partial charge in [0.15, 0.2) is 0 Å². The van der Waals surface area contributed by atoms with Crippen LogP contribution in [0.1, 0.15) is 25.5 Å². The number of nitrogens with zero attached hydrogens (tertiary/aromatic N) is 2. The van der Waals surface area contributed by atoms with Crippen LogP contribution in [0.3, 0.4) is 0 Å². The molecule has 0 unspecified atom stereocenters. The topological polar surface area (TPSA) is 65.8 Å². The standard InChI is InChI=1S/C13H15N3O/c1-9-5-13(6-9,8-14)12(17)16-11-4-3-10(2)15-7-11/h3-4,7,9H,5-6H2,1-2H3,(H,16,17). The molecule has 1 fully saturated rings. The zero-order valence-corrected chi connectivity index (χ0v) is 10.0. The number of hydrogen-bond donors (Lipinski definition) is 1. The van der Waals surface area contributed by atoms with Gasteiger partial charge < -0.3 is 5.32 Å². The Kier molecular flexibility index (Phi) is 2.84. The highest BCUT2D eigenvalue weighted by molar-refractivity contribution is 5.97. The van der Waals surface area contributed by atoms with Crippen molar-refractivity contribution in [2.45, 2.75) is 26.7 Å². The second-order valence-corrected chi connectivity index (χ2v) is 4.85. The minimum atomic E-state index is -0.829. The fraction of sp³-hybridized carbons (Fsp3) is 0.462. The van der Waals surface area contributed by atoms with E-state index in [1.165, 1.54) is 0 Å². The van der Waals surface area contributed by atoms with Gasteiger partial charge >= 0.3 is 0 Å². The van der Waals surface area contributed by atoms with Crippen LogP contribution in [0.25, 0.3) is 0 Å². The lowest BCUT2D eigenvalue weighted by Crippen LogP contribution is -2.45. The van der Waals surface area contributed by atoms with E-state index in [1.54, 1.807) is 12.3 Å². The molecule has 1 saturated carbocycles. The summed E-state index contributed by atoms with van der Waals surface area (Å²) in [5.74, 6) is 0.250.